The first-order chi connectivity index (χ1) is 15.1. The summed E-state index contributed by atoms with van der Waals surface area (Å²) in [6, 6.07) is 9.51. The zero-order valence-electron chi connectivity index (χ0n) is 18.2. The molecule has 1 heterocycles. The summed E-state index contributed by atoms with van der Waals surface area (Å²) in [6.07, 6.45) is 7.25. The van der Waals surface area contributed by atoms with Crippen LogP contribution in [0.2, 0.25) is 0 Å². The van der Waals surface area contributed by atoms with Gasteiger partial charge in [0.1, 0.15) is 6.61 Å². The molecule has 0 fully saturated rings. The van der Waals surface area contributed by atoms with Gasteiger partial charge in [-0.25, -0.2) is 4.98 Å². The number of ether oxygens (including phenoxy) is 1. The van der Waals surface area contributed by atoms with Crippen molar-refractivity contribution in [3.05, 3.63) is 47.7 Å². The maximum atomic E-state index is 12.0. The van der Waals surface area contributed by atoms with Crippen molar-refractivity contribution in [1.29, 1.82) is 0 Å². The van der Waals surface area contributed by atoms with Crippen molar-refractivity contribution in [1.82, 2.24) is 20.6 Å². The molecule has 4 N–H and O–H groups in total. The molecule has 0 spiro atoms. The van der Waals surface area contributed by atoms with Gasteiger partial charge in [-0.3, -0.25) is 9.59 Å². The van der Waals surface area contributed by atoms with E-state index in [0.717, 1.165) is 43.2 Å². The fourth-order valence-corrected chi connectivity index (χ4v) is 2.88. The molecule has 0 aliphatic carbocycles. The third kappa shape index (κ3) is 10.4. The summed E-state index contributed by atoms with van der Waals surface area (Å²) in [6.45, 7) is 3.63. The van der Waals surface area contributed by atoms with Crippen LogP contribution >= 0.6 is 0 Å². The van der Waals surface area contributed by atoms with E-state index in [9.17, 15) is 9.59 Å². The molecule has 2 amide bonds. The van der Waals surface area contributed by atoms with E-state index in [-0.39, 0.29) is 17.8 Å². The Hall–Kier alpha value is -3.16. The Morgan fingerprint density at radius 1 is 0.935 bits per heavy atom. The van der Waals surface area contributed by atoms with Crippen LogP contribution in [-0.2, 0) is 22.7 Å². The molecule has 2 rings (SSSR count). The second-order valence-corrected chi connectivity index (χ2v) is 7.40. The number of hydrogen-bond donors (Lipinski definition) is 3. The van der Waals surface area contributed by atoms with E-state index < -0.39 is 0 Å². The number of unbranched alkanes of at least 4 members (excludes halogenated alkanes) is 3. The number of rotatable bonds is 14. The molecule has 0 aliphatic rings. The van der Waals surface area contributed by atoms with Crippen LogP contribution in [0.4, 0.5) is 5.95 Å². The summed E-state index contributed by atoms with van der Waals surface area (Å²) in [5, 5.41) is 5.86. The Bertz CT molecular complexity index is 811. The highest BCUT2D eigenvalue weighted by atomic mass is 16.5. The fraction of sp³-hybridized carbons (Fsp3) is 0.478. The van der Waals surface area contributed by atoms with Crippen LogP contribution in [0.25, 0.3) is 0 Å². The second kappa shape index (κ2) is 14.0. The summed E-state index contributed by atoms with van der Waals surface area (Å²) in [4.78, 5) is 31.3. The number of nitrogens with zero attached hydrogens (tertiary/aromatic N) is 2. The predicted molar refractivity (Wildman–Crippen MR) is 120 cm³/mol. The Morgan fingerprint density at radius 2 is 1.65 bits per heavy atom. The molecule has 2 aromatic rings. The highest BCUT2D eigenvalue weighted by Gasteiger charge is 2.04. The average Bonchev–Trinajstić information content (AvgIpc) is 2.78. The minimum atomic E-state index is 0.0424. The topological polar surface area (TPSA) is 119 Å². The van der Waals surface area contributed by atoms with Crippen molar-refractivity contribution >= 4 is 17.8 Å². The molecular weight excluding hydrogens is 394 g/mol. The molecule has 0 aliphatic heterocycles. The van der Waals surface area contributed by atoms with E-state index in [0.29, 0.717) is 38.4 Å². The summed E-state index contributed by atoms with van der Waals surface area (Å²) in [7, 11) is 0. The molecule has 0 atom stereocenters. The molecule has 1 aromatic heterocycles. The molecule has 8 heteroatoms. The van der Waals surface area contributed by atoms with Gasteiger partial charge in [-0.15, -0.1) is 0 Å². The lowest BCUT2D eigenvalue weighted by Crippen LogP contribution is -2.24. The van der Waals surface area contributed by atoms with Gasteiger partial charge in [0.2, 0.25) is 23.6 Å². The monoisotopic (exact) mass is 427 g/mol. The van der Waals surface area contributed by atoms with E-state index >= 15 is 0 Å². The SMILES string of the molecule is CCCCC(=O)NCCCCCC(=O)NCc1ccc(COc2ccnc(N)n2)cc1. The van der Waals surface area contributed by atoms with Gasteiger partial charge in [-0.2, -0.15) is 4.98 Å². The second-order valence-electron chi connectivity index (χ2n) is 7.40. The van der Waals surface area contributed by atoms with E-state index in [1.54, 1.807) is 12.3 Å². The van der Waals surface area contributed by atoms with Gasteiger partial charge in [0.15, 0.2) is 0 Å². The number of nitrogens with one attached hydrogen (secondary N) is 2. The lowest BCUT2D eigenvalue weighted by Gasteiger charge is -2.08. The van der Waals surface area contributed by atoms with Crippen molar-refractivity contribution in [2.45, 2.75) is 65.0 Å². The van der Waals surface area contributed by atoms with Crippen LogP contribution in [0, 0.1) is 0 Å². The zero-order valence-corrected chi connectivity index (χ0v) is 18.2. The maximum Gasteiger partial charge on any atom is 0.223 e. The summed E-state index contributed by atoms with van der Waals surface area (Å²) in [5.41, 5.74) is 7.55. The molecule has 0 unspecified atom stereocenters. The van der Waals surface area contributed by atoms with Crippen LogP contribution in [0.1, 0.15) is 63.0 Å². The largest absolute Gasteiger partial charge is 0.473 e. The van der Waals surface area contributed by atoms with E-state index in [4.69, 9.17) is 10.5 Å². The summed E-state index contributed by atoms with van der Waals surface area (Å²) >= 11 is 0. The Balaban J connectivity index is 1.56. The van der Waals surface area contributed by atoms with Gasteiger partial charge in [-0.1, -0.05) is 44.0 Å². The van der Waals surface area contributed by atoms with Crippen LogP contribution in [0.5, 0.6) is 5.88 Å². The van der Waals surface area contributed by atoms with Crippen LogP contribution in [0.3, 0.4) is 0 Å². The normalized spacial score (nSPS) is 10.5. The van der Waals surface area contributed by atoms with Crippen molar-refractivity contribution in [3.8, 4) is 5.88 Å². The zero-order chi connectivity index (χ0) is 22.3. The third-order valence-corrected chi connectivity index (χ3v) is 4.71. The fourth-order valence-electron chi connectivity index (χ4n) is 2.88. The van der Waals surface area contributed by atoms with E-state index in [1.807, 2.05) is 24.3 Å². The number of aromatic nitrogens is 2. The molecular formula is C23H33N5O3. The number of benzene rings is 1. The maximum absolute atomic E-state index is 12.0. The number of nitrogen functional groups attached to an aromatic ring is 1. The third-order valence-electron chi connectivity index (χ3n) is 4.71. The summed E-state index contributed by atoms with van der Waals surface area (Å²) < 4.78 is 5.59. The standard InChI is InChI=1S/C23H33N5O3/c1-2-3-7-20(29)25-14-6-4-5-8-21(30)27-16-18-9-11-19(12-10-18)17-31-22-13-15-26-23(24)28-22/h9-13,15H,2-8,14,16-17H2,1H3,(H,25,29)(H,27,30)(H2,24,26,28). The quantitative estimate of drug-likeness (QED) is 0.399. The Kier molecular flexibility index (Phi) is 10.9. The molecule has 0 radical (unpaired) electrons. The van der Waals surface area contributed by atoms with Crippen LogP contribution < -0.4 is 21.1 Å². The Labute approximate surface area is 184 Å². The minimum absolute atomic E-state index is 0.0424. The average molecular weight is 428 g/mol. The van der Waals surface area contributed by atoms with Gasteiger partial charge in [0.25, 0.3) is 0 Å². The number of amides is 2. The molecule has 0 saturated heterocycles. The lowest BCUT2D eigenvalue weighted by molar-refractivity contribution is -0.122. The predicted octanol–water partition coefficient (Wildman–Crippen LogP) is 3.12. The number of anilines is 1. The number of hydrogen-bond acceptors (Lipinski definition) is 6. The van der Waals surface area contributed by atoms with E-state index in [1.165, 1.54) is 0 Å². The molecule has 31 heavy (non-hydrogen) atoms. The van der Waals surface area contributed by atoms with Gasteiger partial charge >= 0.3 is 0 Å². The first-order valence-corrected chi connectivity index (χ1v) is 10.9. The van der Waals surface area contributed by atoms with Crippen LogP contribution in [-0.4, -0.2) is 28.3 Å². The molecule has 1 aromatic carbocycles. The molecule has 0 saturated carbocycles. The van der Waals surface area contributed by atoms with Crippen molar-refractivity contribution in [2.75, 3.05) is 12.3 Å². The van der Waals surface area contributed by atoms with Crippen molar-refractivity contribution < 1.29 is 14.3 Å². The Morgan fingerprint density at radius 3 is 2.39 bits per heavy atom. The highest BCUT2D eigenvalue weighted by Crippen LogP contribution is 2.11. The number of nitrogens with two attached hydrogens (primary N) is 1. The minimum Gasteiger partial charge on any atom is -0.473 e. The van der Waals surface area contributed by atoms with Gasteiger partial charge in [0.05, 0.1) is 0 Å². The first kappa shape index (κ1) is 24.1. The lowest BCUT2D eigenvalue weighted by atomic mass is 10.1. The summed E-state index contributed by atoms with van der Waals surface area (Å²) in [5.74, 6) is 0.775. The van der Waals surface area contributed by atoms with Gasteiger partial charge in [-0.05, 0) is 30.4 Å². The molecule has 168 valence electrons. The van der Waals surface area contributed by atoms with E-state index in [2.05, 4.69) is 27.5 Å². The number of carbonyl (C=O) groups excluding carboxylic acids is 2. The van der Waals surface area contributed by atoms with Crippen molar-refractivity contribution in [2.24, 2.45) is 0 Å². The van der Waals surface area contributed by atoms with Gasteiger partial charge in [0, 0.05) is 38.2 Å². The van der Waals surface area contributed by atoms with Crippen LogP contribution in [0.15, 0.2) is 36.5 Å². The van der Waals surface area contributed by atoms with Gasteiger partial charge < -0.3 is 21.1 Å². The number of carbonyl (C=O) groups is 2. The van der Waals surface area contributed by atoms with Crippen molar-refractivity contribution in [3.63, 3.8) is 0 Å². The highest BCUT2D eigenvalue weighted by molar-refractivity contribution is 5.76. The molecule has 8 nitrogen and oxygen atoms in total. The first-order valence-electron chi connectivity index (χ1n) is 10.9. The smallest absolute Gasteiger partial charge is 0.223 e. The molecule has 0 bridgehead atoms.